The number of nitrogens with zero attached hydrogens (tertiary/aromatic N) is 2. The highest BCUT2D eigenvalue weighted by atomic mass is 32.1. The summed E-state index contributed by atoms with van der Waals surface area (Å²) in [5.41, 5.74) is 0.221. The van der Waals surface area contributed by atoms with Crippen LogP contribution >= 0.6 is 12.6 Å². The van der Waals surface area contributed by atoms with Crippen molar-refractivity contribution in [1.29, 1.82) is 0 Å². The number of hydrogen-bond donors (Lipinski definition) is 1. The molecule has 0 atom stereocenters. The summed E-state index contributed by atoms with van der Waals surface area (Å²) in [4.78, 5) is 0. The summed E-state index contributed by atoms with van der Waals surface area (Å²) in [7, 11) is 0. The first-order valence-electron chi connectivity index (χ1n) is 6.42. The molecule has 0 heterocycles. The Labute approximate surface area is 131 Å². The monoisotopic (exact) mass is 326 g/mol. The van der Waals surface area contributed by atoms with Gasteiger partial charge in [-0.15, -0.1) is 0 Å². The Kier molecular flexibility index (Phi) is 5.43. The number of rotatable bonds is 5. The van der Waals surface area contributed by atoms with Crippen molar-refractivity contribution >= 4 is 24.0 Å². The Morgan fingerprint density at radius 3 is 1.82 bits per heavy atom. The Morgan fingerprint density at radius 1 is 0.864 bits per heavy atom. The molecule has 3 nitrogen and oxygen atoms in total. The van der Waals surface area contributed by atoms with Gasteiger partial charge in [0.15, 0.2) is 0 Å². The molecule has 0 aromatic heterocycles. The van der Waals surface area contributed by atoms with E-state index in [9.17, 15) is 13.2 Å². The number of halogens is 3. The van der Waals surface area contributed by atoms with Gasteiger partial charge < -0.3 is 4.74 Å². The van der Waals surface area contributed by atoms with Gasteiger partial charge in [0.2, 0.25) is 0 Å². The average Bonchev–Trinajstić information content (AvgIpc) is 2.51. The molecule has 0 N–H and O–H groups in total. The van der Waals surface area contributed by atoms with E-state index in [4.69, 9.17) is 4.74 Å². The van der Waals surface area contributed by atoms with E-state index < -0.39 is 11.7 Å². The van der Waals surface area contributed by atoms with Crippen LogP contribution in [0, 0.1) is 0 Å². The fourth-order valence-corrected chi connectivity index (χ4v) is 1.70. The molecule has 0 amide bonds. The van der Waals surface area contributed by atoms with Crippen LogP contribution in [-0.2, 0) is 6.18 Å². The van der Waals surface area contributed by atoms with Gasteiger partial charge >= 0.3 is 6.18 Å². The molecule has 0 aliphatic heterocycles. The molecule has 7 heteroatoms. The number of alkyl halides is 3. The van der Waals surface area contributed by atoms with Gasteiger partial charge in [0, 0.05) is 5.75 Å². The molecular weight excluding hydrogens is 313 g/mol. The van der Waals surface area contributed by atoms with Gasteiger partial charge in [-0.3, -0.25) is 0 Å². The summed E-state index contributed by atoms with van der Waals surface area (Å²) in [5.74, 6) is 1.32. The molecule has 0 bridgehead atoms. The summed E-state index contributed by atoms with van der Waals surface area (Å²) in [5, 5.41) is 7.86. The Bertz CT molecular complexity index is 625. The van der Waals surface area contributed by atoms with E-state index >= 15 is 0 Å². The van der Waals surface area contributed by atoms with E-state index in [1.807, 2.05) is 0 Å². The van der Waals surface area contributed by atoms with Gasteiger partial charge in [0.1, 0.15) is 5.75 Å². The first kappa shape index (κ1) is 16.4. The second kappa shape index (κ2) is 7.31. The van der Waals surface area contributed by atoms with Gasteiger partial charge in [-0.2, -0.15) is 36.0 Å². The van der Waals surface area contributed by atoms with Crippen LogP contribution in [0.15, 0.2) is 58.8 Å². The fraction of sp³-hybridized carbons (Fsp3) is 0.200. The molecule has 0 aliphatic rings. The lowest BCUT2D eigenvalue weighted by molar-refractivity contribution is -0.137. The van der Waals surface area contributed by atoms with Crippen LogP contribution in [-0.4, -0.2) is 12.4 Å². The van der Waals surface area contributed by atoms with E-state index in [1.165, 1.54) is 12.1 Å². The largest absolute Gasteiger partial charge is 0.493 e. The van der Waals surface area contributed by atoms with Gasteiger partial charge in [-0.05, 0) is 48.5 Å². The van der Waals surface area contributed by atoms with Gasteiger partial charge in [-0.25, -0.2) is 0 Å². The number of ether oxygens (including phenoxy) is 1. The topological polar surface area (TPSA) is 34.0 Å². The third-order valence-corrected chi connectivity index (χ3v) is 2.85. The van der Waals surface area contributed by atoms with E-state index in [0.29, 0.717) is 29.5 Å². The number of azo groups is 1. The maximum absolute atomic E-state index is 12.4. The summed E-state index contributed by atoms with van der Waals surface area (Å²) in [6.07, 6.45) is -4.35. The first-order valence-corrected chi connectivity index (χ1v) is 7.05. The molecule has 0 saturated heterocycles. The maximum atomic E-state index is 12.4. The van der Waals surface area contributed by atoms with E-state index in [0.717, 1.165) is 12.1 Å². The predicted molar refractivity (Wildman–Crippen MR) is 81.4 cm³/mol. The molecule has 0 unspecified atom stereocenters. The van der Waals surface area contributed by atoms with Crippen molar-refractivity contribution in [2.45, 2.75) is 6.18 Å². The lowest BCUT2D eigenvalue weighted by Gasteiger charge is -2.05. The zero-order valence-electron chi connectivity index (χ0n) is 11.4. The van der Waals surface area contributed by atoms with Crippen molar-refractivity contribution in [3.63, 3.8) is 0 Å². The van der Waals surface area contributed by atoms with Crippen LogP contribution in [0.4, 0.5) is 24.5 Å². The molecular formula is C15H13F3N2OS. The third kappa shape index (κ3) is 4.77. The zero-order chi connectivity index (χ0) is 16.0. The SMILES string of the molecule is FC(F)(F)c1ccc(N=Nc2ccc(OCCS)cc2)cc1. The fourth-order valence-electron chi connectivity index (χ4n) is 1.61. The summed E-state index contributed by atoms with van der Waals surface area (Å²) in [6.45, 7) is 0.509. The number of thiol groups is 1. The molecule has 2 aromatic rings. The first-order chi connectivity index (χ1) is 10.5. The van der Waals surface area contributed by atoms with E-state index in [1.54, 1.807) is 24.3 Å². The normalized spacial score (nSPS) is 11.8. The lowest BCUT2D eigenvalue weighted by Crippen LogP contribution is -2.03. The summed E-state index contributed by atoms with van der Waals surface area (Å²) >= 11 is 4.04. The lowest BCUT2D eigenvalue weighted by atomic mass is 10.2. The number of hydrogen-bond acceptors (Lipinski definition) is 4. The molecule has 2 aromatic carbocycles. The van der Waals surface area contributed by atoms with Crippen LogP contribution in [0.25, 0.3) is 0 Å². The Morgan fingerprint density at radius 2 is 1.36 bits per heavy atom. The molecule has 0 aliphatic carbocycles. The summed E-state index contributed by atoms with van der Waals surface area (Å²) in [6, 6.07) is 11.4. The van der Waals surface area contributed by atoms with Gasteiger partial charge in [0.25, 0.3) is 0 Å². The quantitative estimate of drug-likeness (QED) is 0.577. The van der Waals surface area contributed by atoms with E-state index in [-0.39, 0.29) is 0 Å². The number of benzene rings is 2. The smallest absolute Gasteiger partial charge is 0.416 e. The van der Waals surface area contributed by atoms with Gasteiger partial charge in [0.05, 0.1) is 23.5 Å². The van der Waals surface area contributed by atoms with Crippen molar-refractivity contribution in [3.05, 3.63) is 54.1 Å². The molecule has 22 heavy (non-hydrogen) atoms. The van der Waals surface area contributed by atoms with Crippen LogP contribution < -0.4 is 4.74 Å². The van der Waals surface area contributed by atoms with Crippen molar-refractivity contribution in [2.24, 2.45) is 10.2 Å². The molecule has 0 spiro atoms. The Hall–Kier alpha value is -2.02. The van der Waals surface area contributed by atoms with Crippen molar-refractivity contribution in [1.82, 2.24) is 0 Å². The standard InChI is InChI=1S/C15H13F3N2OS/c16-15(17,18)11-1-3-12(4-2-11)19-20-13-5-7-14(8-6-13)21-9-10-22/h1-8,22H,9-10H2. The zero-order valence-corrected chi connectivity index (χ0v) is 12.3. The second-order valence-electron chi connectivity index (χ2n) is 4.31. The molecule has 2 rings (SSSR count). The summed E-state index contributed by atoms with van der Waals surface area (Å²) < 4.78 is 42.6. The predicted octanol–water partition coefficient (Wildman–Crippen LogP) is 5.43. The molecule has 0 radical (unpaired) electrons. The van der Waals surface area contributed by atoms with Gasteiger partial charge in [-0.1, -0.05) is 0 Å². The maximum Gasteiger partial charge on any atom is 0.416 e. The molecule has 0 saturated carbocycles. The highest BCUT2D eigenvalue weighted by molar-refractivity contribution is 7.80. The Balaban J connectivity index is 2.02. The molecule has 0 fully saturated rings. The minimum absolute atomic E-state index is 0.350. The third-order valence-electron chi connectivity index (χ3n) is 2.67. The van der Waals surface area contributed by atoms with Crippen LogP contribution in [0.3, 0.4) is 0 Å². The van der Waals surface area contributed by atoms with Crippen LogP contribution in [0.1, 0.15) is 5.56 Å². The second-order valence-corrected chi connectivity index (χ2v) is 4.76. The minimum Gasteiger partial charge on any atom is -0.493 e. The highest BCUT2D eigenvalue weighted by Gasteiger charge is 2.29. The average molecular weight is 326 g/mol. The minimum atomic E-state index is -4.35. The van der Waals surface area contributed by atoms with Crippen molar-refractivity contribution in [3.8, 4) is 5.75 Å². The molecule has 116 valence electrons. The van der Waals surface area contributed by atoms with E-state index in [2.05, 4.69) is 22.9 Å². The van der Waals surface area contributed by atoms with Crippen molar-refractivity contribution < 1.29 is 17.9 Å². The van der Waals surface area contributed by atoms with Crippen molar-refractivity contribution in [2.75, 3.05) is 12.4 Å². The van der Waals surface area contributed by atoms with Crippen LogP contribution in [0.2, 0.25) is 0 Å². The van der Waals surface area contributed by atoms with Crippen LogP contribution in [0.5, 0.6) is 5.75 Å². The highest BCUT2D eigenvalue weighted by Crippen LogP contribution is 2.30.